The monoisotopic (exact) mass is 667 g/mol. The predicted octanol–water partition coefficient (Wildman–Crippen LogP) is 8.73. The summed E-state index contributed by atoms with van der Waals surface area (Å²) >= 11 is 0. The van der Waals surface area contributed by atoms with Gasteiger partial charge in [-0.1, -0.05) is 91.8 Å². The van der Waals surface area contributed by atoms with Crippen LogP contribution in [0, 0.1) is 0 Å². The molecule has 0 saturated heterocycles. The number of benzene rings is 4. The number of rotatable bonds is 8. The minimum Gasteiger partial charge on any atom is -0.348 e. The number of carbonyl (C=O) groups excluding carboxylic acids is 2. The number of amides is 2. The van der Waals surface area contributed by atoms with Crippen molar-refractivity contribution in [3.05, 3.63) is 107 Å². The van der Waals surface area contributed by atoms with Crippen molar-refractivity contribution in [1.29, 1.82) is 0 Å². The smallest absolute Gasteiger partial charge is 0.253 e. The average Bonchev–Trinajstić information content (AvgIpc) is 3.08. The van der Waals surface area contributed by atoms with Gasteiger partial charge in [0.15, 0.2) is 0 Å². The number of fused-ring (bicyclic) bond motifs is 4. The molecule has 4 aromatic carbocycles. The zero-order chi connectivity index (χ0) is 36.0. The molecule has 0 fully saturated rings. The fourth-order valence-corrected chi connectivity index (χ4v) is 6.74. The second-order valence-electron chi connectivity index (χ2n) is 15.6. The number of carbonyl (C=O) groups is 2. The van der Waals surface area contributed by atoms with E-state index in [4.69, 9.17) is 15.7 Å². The van der Waals surface area contributed by atoms with Crippen LogP contribution < -0.4 is 16.4 Å². The first kappa shape index (κ1) is 35.0. The fourth-order valence-electron chi connectivity index (χ4n) is 6.74. The molecule has 6 aromatic rings. The fraction of sp³-hybridized carbons (Fsp3) is 0.349. The molecule has 2 amide bonds. The molecular weight excluding hydrogens is 619 g/mol. The molecule has 7 nitrogen and oxygen atoms in total. The highest BCUT2D eigenvalue weighted by Crippen LogP contribution is 2.30. The lowest BCUT2D eigenvalue weighted by molar-refractivity contribution is 0.0909. The Morgan fingerprint density at radius 3 is 1.36 bits per heavy atom. The molecule has 7 heteroatoms. The maximum Gasteiger partial charge on any atom is 0.253 e. The van der Waals surface area contributed by atoms with Gasteiger partial charge in [-0.05, 0) is 83.3 Å². The molecule has 2 aromatic heterocycles. The second-order valence-corrected chi connectivity index (χ2v) is 15.6. The standard InChI is InChI=1S/C43H49N5O2/c1-9-33(47-40(49)31-15-11-13-25-21-27-23-29(42(3,4)5)17-19-35(27)45-38(25)31)37(44)34(10-2)48-41(50)32-16-12-14-26-22-28-24-30(43(6,7)8)18-20-36(28)46-39(26)32/h11-24,33-34,37H,9-10,44H2,1-8H3,(H,47,49)(H,48,50). The highest BCUT2D eigenvalue weighted by Gasteiger charge is 2.29. The van der Waals surface area contributed by atoms with E-state index in [1.54, 1.807) is 12.1 Å². The number of nitrogens with zero attached hydrogens (tertiary/aromatic N) is 2. The molecule has 0 aliphatic carbocycles. The van der Waals surface area contributed by atoms with Gasteiger partial charge in [0.25, 0.3) is 11.8 Å². The third-order valence-electron chi connectivity index (χ3n) is 9.94. The average molecular weight is 668 g/mol. The van der Waals surface area contributed by atoms with Crippen molar-refractivity contribution in [1.82, 2.24) is 20.6 Å². The topological polar surface area (TPSA) is 110 Å². The summed E-state index contributed by atoms with van der Waals surface area (Å²) in [7, 11) is 0. The van der Waals surface area contributed by atoms with Gasteiger partial charge in [0.05, 0.1) is 33.2 Å². The number of hydrogen-bond donors (Lipinski definition) is 3. The van der Waals surface area contributed by atoms with Crippen LogP contribution in [0.15, 0.2) is 84.9 Å². The number of pyridine rings is 2. The molecule has 50 heavy (non-hydrogen) atoms. The van der Waals surface area contributed by atoms with E-state index in [0.717, 1.165) is 32.6 Å². The van der Waals surface area contributed by atoms with Crippen LogP contribution in [0.5, 0.6) is 0 Å². The largest absolute Gasteiger partial charge is 0.348 e. The van der Waals surface area contributed by atoms with Gasteiger partial charge in [-0.25, -0.2) is 9.97 Å². The molecule has 2 heterocycles. The highest BCUT2D eigenvalue weighted by atomic mass is 16.2. The summed E-state index contributed by atoms with van der Waals surface area (Å²) in [6.45, 7) is 17.1. The SMILES string of the molecule is CCC(NC(=O)c1cccc2cc3cc(C(C)(C)C)ccc3nc12)C(N)C(CC)NC(=O)c1cccc2cc3cc(C(C)(C)C)ccc3nc12. The van der Waals surface area contributed by atoms with Gasteiger partial charge >= 0.3 is 0 Å². The molecule has 2 unspecified atom stereocenters. The van der Waals surface area contributed by atoms with Gasteiger partial charge < -0.3 is 16.4 Å². The Balaban J connectivity index is 1.23. The van der Waals surface area contributed by atoms with Crippen LogP contribution in [0.4, 0.5) is 0 Å². The summed E-state index contributed by atoms with van der Waals surface area (Å²) in [6, 6.07) is 26.9. The van der Waals surface area contributed by atoms with Crippen LogP contribution in [0.1, 0.15) is 100 Å². The first-order valence-electron chi connectivity index (χ1n) is 17.7. The van der Waals surface area contributed by atoms with Gasteiger partial charge in [-0.3, -0.25) is 9.59 Å². The Hall–Kier alpha value is -4.88. The number of nitrogens with one attached hydrogen (secondary N) is 2. The molecule has 6 rings (SSSR count). The number of aromatic nitrogens is 2. The minimum atomic E-state index is -0.530. The Bertz CT molecular complexity index is 2090. The lowest BCUT2D eigenvalue weighted by Gasteiger charge is -2.31. The first-order valence-corrected chi connectivity index (χ1v) is 17.7. The van der Waals surface area contributed by atoms with Crippen molar-refractivity contribution in [2.75, 3.05) is 0 Å². The van der Waals surface area contributed by atoms with Crippen LogP contribution in [0.3, 0.4) is 0 Å². The maximum atomic E-state index is 13.8. The van der Waals surface area contributed by atoms with Crippen molar-refractivity contribution in [2.45, 2.75) is 97.2 Å². The Labute approximate surface area is 295 Å². The molecule has 0 saturated carbocycles. The summed E-state index contributed by atoms with van der Waals surface area (Å²) in [6.07, 6.45) is 1.18. The third-order valence-corrected chi connectivity index (χ3v) is 9.94. The van der Waals surface area contributed by atoms with Gasteiger partial charge in [0, 0.05) is 39.7 Å². The summed E-state index contributed by atoms with van der Waals surface area (Å²) in [5.41, 5.74) is 13.3. The molecular formula is C43H49N5O2. The molecule has 258 valence electrons. The summed E-state index contributed by atoms with van der Waals surface area (Å²) in [4.78, 5) is 37.5. The van der Waals surface area contributed by atoms with Gasteiger partial charge in [-0.15, -0.1) is 0 Å². The predicted molar refractivity (Wildman–Crippen MR) is 207 cm³/mol. The normalized spacial score (nSPS) is 14.2. The summed E-state index contributed by atoms with van der Waals surface area (Å²) in [5, 5.41) is 10.2. The lowest BCUT2D eigenvalue weighted by Crippen LogP contribution is -2.58. The maximum absolute atomic E-state index is 13.8. The summed E-state index contributed by atoms with van der Waals surface area (Å²) in [5.74, 6) is -0.478. The zero-order valence-electron chi connectivity index (χ0n) is 30.5. The first-order chi connectivity index (χ1) is 23.7. The Kier molecular flexibility index (Phi) is 9.40. The van der Waals surface area contributed by atoms with E-state index >= 15 is 0 Å². The Morgan fingerprint density at radius 2 is 1.00 bits per heavy atom. The number of nitrogens with two attached hydrogens (primary N) is 1. The lowest BCUT2D eigenvalue weighted by atomic mass is 9.86. The van der Waals surface area contributed by atoms with E-state index < -0.39 is 6.04 Å². The second kappa shape index (κ2) is 13.4. The van der Waals surface area contributed by atoms with Crippen molar-refractivity contribution in [2.24, 2.45) is 5.73 Å². The zero-order valence-corrected chi connectivity index (χ0v) is 30.5. The van der Waals surface area contributed by atoms with E-state index in [1.807, 2.05) is 50.2 Å². The van der Waals surface area contributed by atoms with Gasteiger partial charge in [0.1, 0.15) is 0 Å². The van der Waals surface area contributed by atoms with Crippen LogP contribution in [-0.2, 0) is 10.8 Å². The van der Waals surface area contributed by atoms with E-state index in [9.17, 15) is 9.59 Å². The molecule has 0 bridgehead atoms. The van der Waals surface area contributed by atoms with Crippen LogP contribution >= 0.6 is 0 Å². The Morgan fingerprint density at radius 1 is 0.600 bits per heavy atom. The molecule has 0 spiro atoms. The molecule has 2 atom stereocenters. The van der Waals surface area contributed by atoms with E-state index in [2.05, 4.69) is 88.6 Å². The highest BCUT2D eigenvalue weighted by molar-refractivity contribution is 6.09. The third kappa shape index (κ3) is 6.92. The van der Waals surface area contributed by atoms with Crippen molar-refractivity contribution < 1.29 is 9.59 Å². The quantitative estimate of drug-likeness (QED) is 0.141. The summed E-state index contributed by atoms with van der Waals surface area (Å²) < 4.78 is 0. The van der Waals surface area contributed by atoms with Gasteiger partial charge in [-0.2, -0.15) is 0 Å². The molecule has 0 aliphatic rings. The number of hydrogen-bond acceptors (Lipinski definition) is 5. The minimum absolute atomic E-state index is 0.0199. The van der Waals surface area contributed by atoms with Crippen LogP contribution in [0.2, 0.25) is 0 Å². The van der Waals surface area contributed by atoms with Crippen molar-refractivity contribution >= 4 is 55.4 Å². The molecule has 0 aliphatic heterocycles. The van der Waals surface area contributed by atoms with E-state index in [-0.39, 0.29) is 34.7 Å². The van der Waals surface area contributed by atoms with Crippen LogP contribution in [0.25, 0.3) is 43.6 Å². The van der Waals surface area contributed by atoms with E-state index in [0.29, 0.717) is 35.0 Å². The van der Waals surface area contributed by atoms with Crippen LogP contribution in [-0.4, -0.2) is 39.9 Å². The molecule has 0 radical (unpaired) electrons. The van der Waals surface area contributed by atoms with Crippen molar-refractivity contribution in [3.63, 3.8) is 0 Å². The van der Waals surface area contributed by atoms with Gasteiger partial charge in [0.2, 0.25) is 0 Å². The van der Waals surface area contributed by atoms with Crippen molar-refractivity contribution in [3.8, 4) is 0 Å². The molecule has 4 N–H and O–H groups in total. The number of para-hydroxylation sites is 2. The van der Waals surface area contributed by atoms with E-state index in [1.165, 1.54) is 11.1 Å².